The van der Waals surface area contributed by atoms with Crippen LogP contribution in [0.3, 0.4) is 0 Å². The van der Waals surface area contributed by atoms with E-state index in [4.69, 9.17) is 14.3 Å². The Kier molecular flexibility index (Phi) is 3.89. The number of nitrogens with zero attached hydrogens (tertiary/aromatic N) is 1. The van der Waals surface area contributed by atoms with Gasteiger partial charge in [-0.1, -0.05) is 18.2 Å². The van der Waals surface area contributed by atoms with Crippen molar-refractivity contribution in [3.8, 4) is 5.75 Å². The van der Waals surface area contributed by atoms with Crippen molar-refractivity contribution < 1.29 is 19.1 Å². The first-order chi connectivity index (χ1) is 11.1. The first kappa shape index (κ1) is 14.9. The normalized spacial score (nSPS) is 10.8. The number of rotatable bonds is 5. The lowest BCUT2D eigenvalue weighted by Gasteiger charge is -2.09. The van der Waals surface area contributed by atoms with Gasteiger partial charge in [-0.15, -0.1) is 0 Å². The molecule has 1 aromatic heterocycles. The third kappa shape index (κ3) is 2.96. The average Bonchev–Trinajstić information content (AvgIpc) is 2.83. The topological polar surface area (TPSA) is 81.7 Å². The van der Waals surface area contributed by atoms with Gasteiger partial charge in [0.05, 0.1) is 12.1 Å². The fraction of sp³-hybridized carbons (Fsp3) is 0.176. The lowest BCUT2D eigenvalue weighted by atomic mass is 10.2. The van der Waals surface area contributed by atoms with Gasteiger partial charge >= 0.3 is 11.7 Å². The Bertz CT molecular complexity index is 922. The fourth-order valence-electron chi connectivity index (χ4n) is 2.40. The van der Waals surface area contributed by atoms with Crippen LogP contribution >= 0.6 is 0 Å². The van der Waals surface area contributed by atoms with Crippen molar-refractivity contribution in [3.63, 3.8) is 0 Å². The van der Waals surface area contributed by atoms with E-state index < -0.39 is 11.7 Å². The summed E-state index contributed by atoms with van der Waals surface area (Å²) in [6, 6.07) is 11.9. The molecule has 2 aromatic carbocycles. The van der Waals surface area contributed by atoms with E-state index in [-0.39, 0.29) is 24.5 Å². The van der Waals surface area contributed by atoms with Crippen molar-refractivity contribution in [1.82, 2.24) is 4.57 Å². The lowest BCUT2D eigenvalue weighted by molar-refractivity contribution is 0.0692. The third-order valence-electron chi connectivity index (χ3n) is 3.51. The molecule has 1 N–H and O–H groups in total. The zero-order valence-corrected chi connectivity index (χ0v) is 12.5. The number of hydrogen-bond acceptors (Lipinski definition) is 4. The molecule has 0 aliphatic rings. The van der Waals surface area contributed by atoms with Crippen LogP contribution in [-0.2, 0) is 6.54 Å². The second-order valence-electron chi connectivity index (χ2n) is 5.14. The van der Waals surface area contributed by atoms with Crippen molar-refractivity contribution in [2.24, 2.45) is 0 Å². The number of aromatic nitrogens is 1. The predicted molar refractivity (Wildman–Crippen MR) is 84.1 cm³/mol. The number of fused-ring (bicyclic) bond motifs is 1. The lowest BCUT2D eigenvalue weighted by Crippen LogP contribution is -2.19. The molecule has 0 aliphatic carbocycles. The van der Waals surface area contributed by atoms with E-state index in [2.05, 4.69) is 0 Å². The number of ether oxygens (including phenoxy) is 1. The van der Waals surface area contributed by atoms with Gasteiger partial charge in [0.2, 0.25) is 0 Å². The molecule has 3 aromatic rings. The predicted octanol–water partition coefficient (Wildman–Crippen LogP) is 2.68. The Labute approximate surface area is 131 Å². The van der Waals surface area contributed by atoms with Gasteiger partial charge in [-0.05, 0) is 36.8 Å². The minimum Gasteiger partial charge on any atom is -0.491 e. The Morgan fingerprint density at radius 1 is 1.26 bits per heavy atom. The summed E-state index contributed by atoms with van der Waals surface area (Å²) >= 11 is 0. The second kappa shape index (κ2) is 6.00. The van der Waals surface area contributed by atoms with Crippen molar-refractivity contribution in [2.45, 2.75) is 13.5 Å². The molecule has 0 bridgehead atoms. The van der Waals surface area contributed by atoms with Crippen LogP contribution < -0.4 is 10.5 Å². The zero-order chi connectivity index (χ0) is 16.4. The van der Waals surface area contributed by atoms with E-state index in [1.165, 1.54) is 10.6 Å². The summed E-state index contributed by atoms with van der Waals surface area (Å²) in [5, 5.41) is 9.11. The molecule has 0 aliphatic heterocycles. The maximum atomic E-state index is 11.9. The molecule has 0 radical (unpaired) electrons. The summed E-state index contributed by atoms with van der Waals surface area (Å²) in [6.45, 7) is 2.36. The molecule has 6 heteroatoms. The monoisotopic (exact) mass is 313 g/mol. The molecule has 118 valence electrons. The molecule has 0 unspecified atom stereocenters. The Morgan fingerprint density at radius 2 is 2.04 bits per heavy atom. The summed E-state index contributed by atoms with van der Waals surface area (Å²) < 4.78 is 12.2. The van der Waals surface area contributed by atoms with Gasteiger partial charge in [0.15, 0.2) is 5.58 Å². The average molecular weight is 313 g/mol. The number of carboxylic acid groups (broad SMARTS) is 1. The molecule has 0 atom stereocenters. The van der Waals surface area contributed by atoms with Crippen LogP contribution in [0.1, 0.15) is 15.9 Å². The highest BCUT2D eigenvalue weighted by Gasteiger charge is 2.12. The maximum Gasteiger partial charge on any atom is 0.420 e. The summed E-state index contributed by atoms with van der Waals surface area (Å²) in [5.41, 5.74) is 2.33. The minimum absolute atomic E-state index is 0.0905. The molecule has 0 saturated heterocycles. The number of aromatic carboxylic acids is 1. The maximum absolute atomic E-state index is 11.9. The van der Waals surface area contributed by atoms with E-state index in [9.17, 15) is 9.59 Å². The SMILES string of the molecule is Cc1ccc2oc(=O)n(CCOc3ccccc3C(=O)O)c2c1. The molecular weight excluding hydrogens is 298 g/mol. The number of oxazole rings is 1. The third-order valence-corrected chi connectivity index (χ3v) is 3.51. The molecular formula is C17H15NO5. The summed E-state index contributed by atoms with van der Waals surface area (Å²) in [4.78, 5) is 23.0. The smallest absolute Gasteiger partial charge is 0.420 e. The van der Waals surface area contributed by atoms with Crippen LogP contribution in [0.4, 0.5) is 0 Å². The number of carbonyl (C=O) groups is 1. The number of aryl methyl sites for hydroxylation is 1. The zero-order valence-electron chi connectivity index (χ0n) is 12.5. The molecule has 0 saturated carbocycles. The molecule has 6 nitrogen and oxygen atoms in total. The largest absolute Gasteiger partial charge is 0.491 e. The van der Waals surface area contributed by atoms with Crippen molar-refractivity contribution in [2.75, 3.05) is 6.61 Å². The molecule has 0 spiro atoms. The first-order valence-corrected chi connectivity index (χ1v) is 7.11. The van der Waals surface area contributed by atoms with E-state index in [0.29, 0.717) is 11.1 Å². The summed E-state index contributed by atoms with van der Waals surface area (Å²) in [6.07, 6.45) is 0. The number of carboxylic acids is 1. The van der Waals surface area contributed by atoms with Crippen LogP contribution in [0.15, 0.2) is 51.7 Å². The van der Waals surface area contributed by atoms with Crippen LogP contribution in [-0.4, -0.2) is 22.2 Å². The quantitative estimate of drug-likeness (QED) is 0.783. The van der Waals surface area contributed by atoms with E-state index in [0.717, 1.165) is 5.56 Å². The Morgan fingerprint density at radius 3 is 2.83 bits per heavy atom. The van der Waals surface area contributed by atoms with Gasteiger partial charge in [0.1, 0.15) is 17.9 Å². The van der Waals surface area contributed by atoms with Crippen LogP contribution in [0.5, 0.6) is 5.75 Å². The Hall–Kier alpha value is -3.02. The fourth-order valence-corrected chi connectivity index (χ4v) is 2.40. The molecule has 3 rings (SSSR count). The number of para-hydroxylation sites is 1. The van der Waals surface area contributed by atoms with Crippen LogP contribution in [0, 0.1) is 6.92 Å². The minimum atomic E-state index is -1.05. The van der Waals surface area contributed by atoms with Crippen LogP contribution in [0.2, 0.25) is 0 Å². The highest BCUT2D eigenvalue weighted by atomic mass is 16.5. The number of benzene rings is 2. The molecule has 1 heterocycles. The molecule has 0 fully saturated rings. The number of hydrogen-bond donors (Lipinski definition) is 1. The highest BCUT2D eigenvalue weighted by Crippen LogP contribution is 2.18. The van der Waals surface area contributed by atoms with Gasteiger partial charge in [-0.2, -0.15) is 0 Å². The Balaban J connectivity index is 1.80. The highest BCUT2D eigenvalue weighted by molar-refractivity contribution is 5.90. The molecule has 0 amide bonds. The van der Waals surface area contributed by atoms with Gasteiger partial charge in [-0.25, -0.2) is 9.59 Å². The van der Waals surface area contributed by atoms with E-state index >= 15 is 0 Å². The van der Waals surface area contributed by atoms with Gasteiger partial charge in [0.25, 0.3) is 0 Å². The molecule has 23 heavy (non-hydrogen) atoms. The van der Waals surface area contributed by atoms with Gasteiger partial charge in [0, 0.05) is 0 Å². The van der Waals surface area contributed by atoms with Crippen molar-refractivity contribution in [3.05, 3.63) is 64.1 Å². The van der Waals surface area contributed by atoms with Crippen LogP contribution in [0.25, 0.3) is 11.1 Å². The first-order valence-electron chi connectivity index (χ1n) is 7.11. The van der Waals surface area contributed by atoms with Crippen molar-refractivity contribution in [1.29, 1.82) is 0 Å². The van der Waals surface area contributed by atoms with E-state index in [1.807, 2.05) is 19.1 Å². The standard InChI is InChI=1S/C17H15NO5/c1-11-6-7-15-13(10-11)18(17(21)23-15)8-9-22-14-5-3-2-4-12(14)16(19)20/h2-7,10H,8-9H2,1H3,(H,19,20). The van der Waals surface area contributed by atoms with Gasteiger partial charge in [-0.3, -0.25) is 4.57 Å². The van der Waals surface area contributed by atoms with Crippen molar-refractivity contribution >= 4 is 17.1 Å². The second-order valence-corrected chi connectivity index (χ2v) is 5.14. The summed E-state index contributed by atoms with van der Waals surface area (Å²) in [5.74, 6) is -1.24. The van der Waals surface area contributed by atoms with E-state index in [1.54, 1.807) is 24.3 Å². The van der Waals surface area contributed by atoms with Gasteiger partial charge < -0.3 is 14.3 Å². The summed E-state index contributed by atoms with van der Waals surface area (Å²) in [7, 11) is 0.